The highest BCUT2D eigenvalue weighted by Crippen LogP contribution is 2.19. The van der Waals surface area contributed by atoms with Gasteiger partial charge in [0.2, 0.25) is 0 Å². The van der Waals surface area contributed by atoms with E-state index in [1.807, 2.05) is 0 Å². The van der Waals surface area contributed by atoms with E-state index in [9.17, 15) is 9.59 Å². The summed E-state index contributed by atoms with van der Waals surface area (Å²) in [4.78, 5) is 31.1. The summed E-state index contributed by atoms with van der Waals surface area (Å²) in [6.07, 6.45) is 1.46. The third-order valence-corrected chi connectivity index (χ3v) is 1.79. The van der Waals surface area contributed by atoms with Gasteiger partial charge in [0.15, 0.2) is 0 Å². The summed E-state index contributed by atoms with van der Waals surface area (Å²) in [6, 6.07) is 3.14. The molecule has 2 amide bonds. The van der Waals surface area contributed by atoms with Crippen molar-refractivity contribution in [3.8, 4) is 0 Å². The Kier molecular flexibility index (Phi) is 1.60. The second-order valence-electron chi connectivity index (χ2n) is 2.49. The number of nitrogens with zero attached hydrogens (tertiary/aromatic N) is 2. The molecule has 0 bridgehead atoms. The van der Waals surface area contributed by atoms with Gasteiger partial charge in [-0.1, -0.05) is 0 Å². The molecule has 0 saturated carbocycles. The van der Waals surface area contributed by atoms with Crippen molar-refractivity contribution in [2.75, 3.05) is 7.11 Å². The lowest BCUT2D eigenvalue weighted by Gasteiger charge is -2.07. The lowest BCUT2D eigenvalue weighted by Crippen LogP contribution is -2.28. The molecule has 5 nitrogen and oxygen atoms in total. The molecule has 0 radical (unpaired) electrons. The second-order valence-corrected chi connectivity index (χ2v) is 2.49. The van der Waals surface area contributed by atoms with Crippen LogP contribution in [0.5, 0.6) is 0 Å². The lowest BCUT2D eigenvalue weighted by atomic mass is 10.2. The quantitative estimate of drug-likeness (QED) is 0.578. The van der Waals surface area contributed by atoms with Gasteiger partial charge in [0.1, 0.15) is 5.69 Å². The zero-order valence-electron chi connectivity index (χ0n) is 6.85. The zero-order chi connectivity index (χ0) is 9.42. The number of hydrogen-bond acceptors (Lipinski definition) is 4. The molecular weight excluding hydrogens is 172 g/mol. The third kappa shape index (κ3) is 0.940. The third-order valence-electron chi connectivity index (χ3n) is 1.79. The van der Waals surface area contributed by atoms with E-state index in [1.54, 1.807) is 12.1 Å². The van der Waals surface area contributed by atoms with E-state index in [1.165, 1.54) is 13.3 Å². The fraction of sp³-hybridized carbons (Fsp3) is 0.125. The number of rotatable bonds is 1. The van der Waals surface area contributed by atoms with E-state index in [0.29, 0.717) is 5.06 Å². The molecule has 0 saturated heterocycles. The van der Waals surface area contributed by atoms with Gasteiger partial charge in [0.05, 0.1) is 12.7 Å². The van der Waals surface area contributed by atoms with Crippen LogP contribution < -0.4 is 0 Å². The second kappa shape index (κ2) is 2.63. The zero-order valence-corrected chi connectivity index (χ0v) is 6.85. The molecular formula is C8H6N2O3. The van der Waals surface area contributed by atoms with Gasteiger partial charge in [-0.15, -0.1) is 5.06 Å². The van der Waals surface area contributed by atoms with Gasteiger partial charge in [-0.2, -0.15) is 0 Å². The highest BCUT2D eigenvalue weighted by Gasteiger charge is 2.37. The fourth-order valence-electron chi connectivity index (χ4n) is 1.21. The average molecular weight is 178 g/mol. The average Bonchev–Trinajstić information content (AvgIpc) is 2.41. The van der Waals surface area contributed by atoms with Crippen LogP contribution in [0.4, 0.5) is 0 Å². The number of hydrogen-bond donors (Lipinski definition) is 0. The van der Waals surface area contributed by atoms with Crippen LogP contribution in [-0.2, 0) is 4.84 Å². The molecule has 5 heteroatoms. The lowest BCUT2D eigenvalue weighted by molar-refractivity contribution is -0.0647. The number of aromatic nitrogens is 1. The molecule has 0 N–H and O–H groups in total. The van der Waals surface area contributed by atoms with Crippen LogP contribution in [-0.4, -0.2) is 29.0 Å². The Labute approximate surface area is 73.9 Å². The van der Waals surface area contributed by atoms with Gasteiger partial charge in [-0.05, 0) is 12.1 Å². The minimum Gasteiger partial charge on any atom is -0.266 e. The number of hydroxylamine groups is 2. The number of pyridine rings is 1. The molecule has 0 aromatic carbocycles. The van der Waals surface area contributed by atoms with E-state index >= 15 is 0 Å². The summed E-state index contributed by atoms with van der Waals surface area (Å²) in [7, 11) is 1.27. The maximum absolute atomic E-state index is 11.4. The number of carbonyl (C=O) groups is 2. The Morgan fingerprint density at radius 3 is 2.77 bits per heavy atom. The molecule has 13 heavy (non-hydrogen) atoms. The maximum Gasteiger partial charge on any atom is 0.304 e. The van der Waals surface area contributed by atoms with E-state index < -0.39 is 11.8 Å². The van der Waals surface area contributed by atoms with E-state index in [2.05, 4.69) is 9.82 Å². The topological polar surface area (TPSA) is 59.5 Å². The highest BCUT2D eigenvalue weighted by molar-refractivity contribution is 6.19. The monoisotopic (exact) mass is 178 g/mol. The SMILES string of the molecule is CON1C(=O)c2cccnc2C1=O. The van der Waals surface area contributed by atoms with Crippen LogP contribution in [0, 0.1) is 0 Å². The largest absolute Gasteiger partial charge is 0.304 e. The van der Waals surface area contributed by atoms with Crippen molar-refractivity contribution in [3.63, 3.8) is 0 Å². The van der Waals surface area contributed by atoms with Crippen molar-refractivity contribution in [1.29, 1.82) is 0 Å². The smallest absolute Gasteiger partial charge is 0.266 e. The van der Waals surface area contributed by atoms with Crippen LogP contribution in [0.1, 0.15) is 20.8 Å². The van der Waals surface area contributed by atoms with E-state index in [-0.39, 0.29) is 11.3 Å². The minimum atomic E-state index is -0.511. The summed E-state index contributed by atoms with van der Waals surface area (Å²) in [5.41, 5.74) is 0.434. The minimum absolute atomic E-state index is 0.148. The van der Waals surface area contributed by atoms with Crippen molar-refractivity contribution in [2.24, 2.45) is 0 Å². The first kappa shape index (κ1) is 7.88. The van der Waals surface area contributed by atoms with E-state index in [0.717, 1.165) is 0 Å². The molecule has 1 aliphatic heterocycles. The number of amides is 2. The van der Waals surface area contributed by atoms with Crippen molar-refractivity contribution in [1.82, 2.24) is 10.0 Å². The predicted molar refractivity (Wildman–Crippen MR) is 41.7 cm³/mol. The molecule has 0 aliphatic carbocycles. The van der Waals surface area contributed by atoms with Crippen molar-refractivity contribution in [3.05, 3.63) is 29.6 Å². The maximum atomic E-state index is 11.4. The molecule has 2 heterocycles. The van der Waals surface area contributed by atoms with Crippen LogP contribution >= 0.6 is 0 Å². The van der Waals surface area contributed by atoms with Crippen LogP contribution in [0.25, 0.3) is 0 Å². The Morgan fingerprint density at radius 1 is 1.38 bits per heavy atom. The fourth-order valence-corrected chi connectivity index (χ4v) is 1.21. The molecule has 0 unspecified atom stereocenters. The standard InChI is InChI=1S/C8H6N2O3/c1-13-10-7(11)5-3-2-4-9-6(5)8(10)12/h2-4H,1H3. The van der Waals surface area contributed by atoms with Crippen LogP contribution in [0.15, 0.2) is 18.3 Å². The molecule has 0 atom stereocenters. The molecule has 1 aromatic rings. The molecule has 0 fully saturated rings. The van der Waals surface area contributed by atoms with Crippen molar-refractivity contribution in [2.45, 2.75) is 0 Å². The van der Waals surface area contributed by atoms with Gasteiger partial charge < -0.3 is 0 Å². The first-order valence-corrected chi connectivity index (χ1v) is 3.63. The van der Waals surface area contributed by atoms with Gasteiger partial charge in [0, 0.05) is 6.20 Å². The number of imide groups is 1. The normalized spacial score (nSPS) is 15.0. The van der Waals surface area contributed by atoms with Gasteiger partial charge >= 0.3 is 5.91 Å². The summed E-state index contributed by atoms with van der Waals surface area (Å²) in [6.45, 7) is 0. The Hall–Kier alpha value is -1.75. The first-order valence-electron chi connectivity index (χ1n) is 3.63. The predicted octanol–water partition coefficient (Wildman–Crippen LogP) is 0.239. The molecule has 1 aliphatic rings. The van der Waals surface area contributed by atoms with Gasteiger partial charge in [-0.25, -0.2) is 0 Å². The van der Waals surface area contributed by atoms with Crippen molar-refractivity contribution >= 4 is 11.8 Å². The van der Waals surface area contributed by atoms with Crippen molar-refractivity contribution < 1.29 is 14.4 Å². The van der Waals surface area contributed by atoms with E-state index in [4.69, 9.17) is 0 Å². The summed E-state index contributed by atoms with van der Waals surface area (Å²) < 4.78 is 0. The highest BCUT2D eigenvalue weighted by atomic mass is 16.7. The molecule has 0 spiro atoms. The molecule has 66 valence electrons. The summed E-state index contributed by atoms with van der Waals surface area (Å²) in [5.74, 6) is -0.973. The van der Waals surface area contributed by atoms with Gasteiger partial charge in [-0.3, -0.25) is 19.4 Å². The summed E-state index contributed by atoms with van der Waals surface area (Å²) >= 11 is 0. The molecule has 2 rings (SSSR count). The summed E-state index contributed by atoms with van der Waals surface area (Å²) in [5, 5.41) is 0.692. The Balaban J connectivity index is 2.57. The van der Waals surface area contributed by atoms with Gasteiger partial charge in [0.25, 0.3) is 5.91 Å². The first-order chi connectivity index (χ1) is 6.25. The number of carbonyl (C=O) groups excluding carboxylic acids is 2. The van der Waals surface area contributed by atoms with Crippen LogP contribution in [0.2, 0.25) is 0 Å². The Morgan fingerprint density at radius 2 is 2.15 bits per heavy atom. The number of fused-ring (bicyclic) bond motifs is 1. The van der Waals surface area contributed by atoms with Crippen LogP contribution in [0.3, 0.4) is 0 Å². The Bertz CT molecular complexity index is 354. The molecule has 1 aromatic heterocycles.